The number of hydrogen-bond donors (Lipinski definition) is 2. The number of hydrogen-bond acceptors (Lipinski definition) is 5. The maximum atomic E-state index is 9.92. The summed E-state index contributed by atoms with van der Waals surface area (Å²) < 4.78 is 10.1. The monoisotopic (exact) mass is 268 g/mol. The molecule has 0 spiro atoms. The summed E-state index contributed by atoms with van der Waals surface area (Å²) in [5, 5.41) is 13.2. The third-order valence-electron chi connectivity index (χ3n) is 2.97. The first-order valence-electron chi connectivity index (χ1n) is 6.42. The third-order valence-corrected chi connectivity index (χ3v) is 2.97. The van der Waals surface area contributed by atoms with E-state index in [1.807, 2.05) is 12.1 Å². The zero-order valence-electron chi connectivity index (χ0n) is 12.0. The molecule has 0 heterocycles. The molecule has 0 aliphatic rings. The van der Waals surface area contributed by atoms with Crippen LogP contribution in [0.25, 0.3) is 0 Å². The highest BCUT2D eigenvalue weighted by molar-refractivity contribution is 5.45. The molecular formula is C14H24N2O3. The molecule has 5 heteroatoms. The third kappa shape index (κ3) is 5.46. The van der Waals surface area contributed by atoms with Crippen LogP contribution < -0.4 is 10.1 Å². The van der Waals surface area contributed by atoms with E-state index in [-0.39, 0.29) is 5.75 Å². The Morgan fingerprint density at radius 2 is 2.05 bits per heavy atom. The Labute approximate surface area is 115 Å². The first-order chi connectivity index (χ1) is 9.19. The first kappa shape index (κ1) is 15.8. The van der Waals surface area contributed by atoms with E-state index in [0.717, 1.165) is 31.8 Å². The van der Waals surface area contributed by atoms with Gasteiger partial charge in [-0.25, -0.2) is 0 Å². The lowest BCUT2D eigenvalue weighted by Gasteiger charge is -2.16. The largest absolute Gasteiger partial charge is 0.504 e. The number of methoxy groups -OCH3 is 2. The molecule has 0 aliphatic carbocycles. The number of phenols is 1. The summed E-state index contributed by atoms with van der Waals surface area (Å²) in [6.45, 7) is 4.09. The van der Waals surface area contributed by atoms with Crippen LogP contribution in [0.15, 0.2) is 18.2 Å². The van der Waals surface area contributed by atoms with Crippen LogP contribution in [-0.2, 0) is 11.3 Å². The van der Waals surface area contributed by atoms with Gasteiger partial charge >= 0.3 is 0 Å². The van der Waals surface area contributed by atoms with Gasteiger partial charge < -0.3 is 24.8 Å². The fourth-order valence-corrected chi connectivity index (χ4v) is 1.73. The molecule has 0 unspecified atom stereocenters. The Balaban J connectivity index is 2.29. The minimum Gasteiger partial charge on any atom is -0.504 e. The van der Waals surface area contributed by atoms with Gasteiger partial charge in [0.1, 0.15) is 0 Å². The van der Waals surface area contributed by atoms with Gasteiger partial charge in [0.2, 0.25) is 0 Å². The molecule has 0 aromatic heterocycles. The summed E-state index contributed by atoms with van der Waals surface area (Å²) >= 11 is 0. The summed E-state index contributed by atoms with van der Waals surface area (Å²) in [6, 6.07) is 5.51. The zero-order chi connectivity index (χ0) is 14.1. The van der Waals surface area contributed by atoms with Crippen molar-refractivity contribution in [3.63, 3.8) is 0 Å². The number of likely N-dealkylation sites (N-methyl/N-ethyl adjacent to an activating group) is 1. The number of nitrogens with one attached hydrogen (secondary N) is 1. The normalized spacial score (nSPS) is 10.9. The van der Waals surface area contributed by atoms with Gasteiger partial charge in [0, 0.05) is 38.9 Å². The Bertz CT molecular complexity index is 372. The van der Waals surface area contributed by atoms with Crippen molar-refractivity contribution in [1.82, 2.24) is 10.2 Å². The number of phenolic OH excluding ortho intramolecular Hbond substituents is 1. The predicted octanol–water partition coefficient (Wildman–Crippen LogP) is 1.07. The van der Waals surface area contributed by atoms with Crippen LogP contribution in [0, 0.1) is 0 Å². The molecule has 0 atom stereocenters. The molecule has 0 radical (unpaired) electrons. The average Bonchev–Trinajstić information content (AvgIpc) is 2.42. The Morgan fingerprint density at radius 1 is 1.26 bits per heavy atom. The highest BCUT2D eigenvalue weighted by atomic mass is 16.5. The van der Waals surface area contributed by atoms with Crippen LogP contribution in [-0.4, -0.2) is 57.5 Å². The van der Waals surface area contributed by atoms with Gasteiger partial charge in [-0.3, -0.25) is 0 Å². The molecule has 0 saturated carbocycles. The molecular weight excluding hydrogens is 244 g/mol. The number of nitrogens with zero attached hydrogens (tertiary/aromatic N) is 1. The summed E-state index contributed by atoms with van der Waals surface area (Å²) in [7, 11) is 5.32. The standard InChI is InChI=1S/C14H24N2O3/c1-16(9-10-18-2)8-7-15-11-12-5-4-6-13(19-3)14(12)17/h4-6,15,17H,7-11H2,1-3H3. The Morgan fingerprint density at radius 3 is 2.74 bits per heavy atom. The molecule has 0 aliphatic heterocycles. The van der Waals surface area contributed by atoms with Gasteiger partial charge in [0.15, 0.2) is 11.5 Å². The van der Waals surface area contributed by atoms with Crippen molar-refractivity contribution in [1.29, 1.82) is 0 Å². The molecule has 2 N–H and O–H groups in total. The maximum Gasteiger partial charge on any atom is 0.162 e. The number of benzene rings is 1. The second kappa shape index (κ2) is 8.74. The molecule has 0 saturated heterocycles. The van der Waals surface area contributed by atoms with Crippen molar-refractivity contribution < 1.29 is 14.6 Å². The zero-order valence-corrected chi connectivity index (χ0v) is 12.0. The highest BCUT2D eigenvalue weighted by Crippen LogP contribution is 2.28. The van der Waals surface area contributed by atoms with E-state index in [1.165, 1.54) is 0 Å². The number of aromatic hydroxyl groups is 1. The quantitative estimate of drug-likeness (QED) is 0.656. The van der Waals surface area contributed by atoms with E-state index in [1.54, 1.807) is 20.3 Å². The molecule has 0 fully saturated rings. The van der Waals surface area contributed by atoms with E-state index < -0.39 is 0 Å². The Hall–Kier alpha value is -1.30. The van der Waals surface area contributed by atoms with E-state index in [2.05, 4.69) is 17.3 Å². The lowest BCUT2D eigenvalue weighted by atomic mass is 10.2. The molecule has 1 rings (SSSR count). The fraction of sp³-hybridized carbons (Fsp3) is 0.571. The van der Waals surface area contributed by atoms with Crippen LogP contribution in [0.2, 0.25) is 0 Å². The van der Waals surface area contributed by atoms with Crippen LogP contribution in [0.4, 0.5) is 0 Å². The lowest BCUT2D eigenvalue weighted by molar-refractivity contribution is 0.161. The van der Waals surface area contributed by atoms with Crippen molar-refractivity contribution in [3.05, 3.63) is 23.8 Å². The van der Waals surface area contributed by atoms with Crippen LogP contribution in [0.5, 0.6) is 11.5 Å². The van der Waals surface area contributed by atoms with Crippen LogP contribution in [0.3, 0.4) is 0 Å². The Kier molecular flexibility index (Phi) is 7.25. The predicted molar refractivity (Wildman–Crippen MR) is 75.7 cm³/mol. The summed E-state index contributed by atoms with van der Waals surface area (Å²) in [4.78, 5) is 2.20. The fourth-order valence-electron chi connectivity index (χ4n) is 1.73. The molecule has 0 amide bonds. The second-order valence-electron chi connectivity index (χ2n) is 4.44. The number of ether oxygens (including phenoxy) is 2. The van der Waals surface area contributed by atoms with E-state index >= 15 is 0 Å². The van der Waals surface area contributed by atoms with E-state index in [4.69, 9.17) is 9.47 Å². The van der Waals surface area contributed by atoms with Gasteiger partial charge in [-0.2, -0.15) is 0 Å². The van der Waals surface area contributed by atoms with Gasteiger partial charge in [-0.1, -0.05) is 12.1 Å². The summed E-state index contributed by atoms with van der Waals surface area (Å²) in [5.74, 6) is 0.724. The first-order valence-corrected chi connectivity index (χ1v) is 6.42. The van der Waals surface area contributed by atoms with Gasteiger partial charge in [-0.05, 0) is 13.1 Å². The van der Waals surface area contributed by atoms with Crippen molar-refractivity contribution in [2.24, 2.45) is 0 Å². The minimum atomic E-state index is 0.213. The van der Waals surface area contributed by atoms with Crippen molar-refractivity contribution in [3.8, 4) is 11.5 Å². The van der Waals surface area contributed by atoms with Gasteiger partial charge in [0.05, 0.1) is 13.7 Å². The lowest BCUT2D eigenvalue weighted by Crippen LogP contribution is -2.31. The van der Waals surface area contributed by atoms with Crippen molar-refractivity contribution in [2.45, 2.75) is 6.54 Å². The smallest absolute Gasteiger partial charge is 0.162 e. The molecule has 1 aromatic rings. The van der Waals surface area contributed by atoms with Crippen LogP contribution in [0.1, 0.15) is 5.56 Å². The van der Waals surface area contributed by atoms with Crippen molar-refractivity contribution in [2.75, 3.05) is 47.5 Å². The average molecular weight is 268 g/mol. The number of para-hydroxylation sites is 1. The van der Waals surface area contributed by atoms with Crippen molar-refractivity contribution >= 4 is 0 Å². The van der Waals surface area contributed by atoms with E-state index in [0.29, 0.717) is 12.3 Å². The van der Waals surface area contributed by atoms with Gasteiger partial charge in [0.25, 0.3) is 0 Å². The topological polar surface area (TPSA) is 54.0 Å². The van der Waals surface area contributed by atoms with Crippen LogP contribution >= 0.6 is 0 Å². The SMILES string of the molecule is COCCN(C)CCNCc1cccc(OC)c1O. The second-order valence-corrected chi connectivity index (χ2v) is 4.44. The molecule has 108 valence electrons. The summed E-state index contributed by atoms with van der Waals surface area (Å²) in [6.07, 6.45) is 0. The number of rotatable bonds is 9. The summed E-state index contributed by atoms with van der Waals surface area (Å²) in [5.41, 5.74) is 0.846. The maximum absolute atomic E-state index is 9.92. The molecule has 0 bridgehead atoms. The molecule has 19 heavy (non-hydrogen) atoms. The van der Waals surface area contributed by atoms with E-state index in [9.17, 15) is 5.11 Å². The molecule has 5 nitrogen and oxygen atoms in total. The van der Waals surface area contributed by atoms with Gasteiger partial charge in [-0.15, -0.1) is 0 Å². The molecule has 1 aromatic carbocycles. The minimum absolute atomic E-state index is 0.213. The highest BCUT2D eigenvalue weighted by Gasteiger charge is 2.06.